The van der Waals surface area contributed by atoms with Gasteiger partial charge in [-0.05, 0) is 112 Å². The second-order valence-corrected chi connectivity index (χ2v) is 12.8. The summed E-state index contributed by atoms with van der Waals surface area (Å²) in [6.07, 6.45) is 0. The van der Waals surface area contributed by atoms with Gasteiger partial charge in [0, 0.05) is 0 Å². The van der Waals surface area contributed by atoms with Crippen LogP contribution in [0.5, 0.6) is 0 Å². The first-order valence-corrected chi connectivity index (χ1v) is 15.9. The van der Waals surface area contributed by atoms with Crippen molar-refractivity contribution in [1.82, 2.24) is 0 Å². The van der Waals surface area contributed by atoms with Crippen molar-refractivity contribution in [2.24, 2.45) is 0 Å². The summed E-state index contributed by atoms with van der Waals surface area (Å²) in [7, 11) is 0. The molecule has 0 unspecified atom stereocenters. The highest BCUT2D eigenvalue weighted by Crippen LogP contribution is 2.67. The van der Waals surface area contributed by atoms with Crippen LogP contribution in [0.3, 0.4) is 0 Å². The molecule has 0 heteroatoms. The summed E-state index contributed by atoms with van der Waals surface area (Å²) in [5, 5.41) is 5.21. The number of rotatable bonds is 1. The van der Waals surface area contributed by atoms with Crippen LogP contribution in [0.15, 0.2) is 158 Å². The molecule has 0 atom stereocenters. The van der Waals surface area contributed by atoms with E-state index in [0.717, 1.165) is 0 Å². The van der Waals surface area contributed by atoms with Gasteiger partial charge in [0.25, 0.3) is 0 Å². The lowest BCUT2D eigenvalue weighted by molar-refractivity contribution is 0.794. The molecule has 0 aliphatic heterocycles. The van der Waals surface area contributed by atoms with Gasteiger partial charge in [0.2, 0.25) is 0 Å². The summed E-state index contributed by atoms with van der Waals surface area (Å²) in [6, 6.07) is 59.5. The van der Waals surface area contributed by atoms with Crippen molar-refractivity contribution in [3.8, 4) is 55.6 Å². The van der Waals surface area contributed by atoms with Gasteiger partial charge in [-0.2, -0.15) is 0 Å². The van der Waals surface area contributed by atoms with Gasteiger partial charge in [-0.3, -0.25) is 0 Å². The SMILES string of the molecule is c1ccc2c(c1)-c1ccccc1C21c2ccccc2-c2c1cc1c(c2-c2ccc3ccccc3c2)-c2cccc3cccc-1c23. The van der Waals surface area contributed by atoms with E-state index in [1.165, 1.54) is 99.4 Å². The zero-order valence-corrected chi connectivity index (χ0v) is 24.5. The fraction of sp³-hybridized carbons (Fsp3) is 0.0222. The Morgan fingerprint density at radius 1 is 0.289 bits per heavy atom. The lowest BCUT2D eigenvalue weighted by atomic mass is 9.69. The third-order valence-electron chi connectivity index (χ3n) is 10.8. The molecular formula is C45H26. The van der Waals surface area contributed by atoms with Crippen molar-refractivity contribution in [2.45, 2.75) is 5.41 Å². The van der Waals surface area contributed by atoms with Crippen LogP contribution in [0, 0.1) is 0 Å². The van der Waals surface area contributed by atoms with Gasteiger partial charge in [0.05, 0.1) is 5.41 Å². The van der Waals surface area contributed by atoms with Crippen LogP contribution < -0.4 is 0 Å². The Balaban J connectivity index is 1.38. The molecule has 8 aromatic carbocycles. The first kappa shape index (κ1) is 23.7. The topological polar surface area (TPSA) is 0 Å². The van der Waals surface area contributed by atoms with Gasteiger partial charge < -0.3 is 0 Å². The van der Waals surface area contributed by atoms with Crippen LogP contribution in [0.1, 0.15) is 22.3 Å². The summed E-state index contributed by atoms with van der Waals surface area (Å²) in [6.45, 7) is 0. The number of benzene rings is 8. The van der Waals surface area contributed by atoms with Crippen molar-refractivity contribution in [2.75, 3.05) is 0 Å². The van der Waals surface area contributed by atoms with Crippen molar-refractivity contribution in [3.63, 3.8) is 0 Å². The molecule has 0 saturated carbocycles. The monoisotopic (exact) mass is 566 g/mol. The Hall–Kier alpha value is -5.72. The Bertz CT molecular complexity index is 2550. The van der Waals surface area contributed by atoms with E-state index in [1.807, 2.05) is 0 Å². The molecule has 0 bridgehead atoms. The van der Waals surface area contributed by atoms with Gasteiger partial charge in [-0.1, -0.05) is 146 Å². The molecule has 0 N–H and O–H groups in total. The zero-order chi connectivity index (χ0) is 29.3. The van der Waals surface area contributed by atoms with Crippen LogP contribution >= 0.6 is 0 Å². The molecule has 3 aliphatic carbocycles. The first-order chi connectivity index (χ1) is 22.3. The van der Waals surface area contributed by atoms with Crippen molar-refractivity contribution >= 4 is 21.5 Å². The van der Waals surface area contributed by atoms with E-state index in [2.05, 4.69) is 158 Å². The lowest BCUT2D eigenvalue weighted by Gasteiger charge is -2.31. The van der Waals surface area contributed by atoms with Crippen LogP contribution in [-0.2, 0) is 5.41 Å². The van der Waals surface area contributed by atoms with E-state index in [4.69, 9.17) is 0 Å². The van der Waals surface area contributed by atoms with Crippen molar-refractivity contribution < 1.29 is 0 Å². The lowest BCUT2D eigenvalue weighted by Crippen LogP contribution is -2.26. The minimum absolute atomic E-state index is 0.386. The molecule has 1 spiro atoms. The Labute approximate surface area is 261 Å². The van der Waals surface area contributed by atoms with E-state index < -0.39 is 0 Å². The largest absolute Gasteiger partial charge is 0.0725 e. The summed E-state index contributed by atoms with van der Waals surface area (Å²) in [4.78, 5) is 0. The summed E-state index contributed by atoms with van der Waals surface area (Å²) >= 11 is 0. The van der Waals surface area contributed by atoms with Gasteiger partial charge in [-0.25, -0.2) is 0 Å². The van der Waals surface area contributed by atoms with Gasteiger partial charge in [-0.15, -0.1) is 0 Å². The Morgan fingerprint density at radius 3 is 1.58 bits per heavy atom. The third kappa shape index (κ3) is 2.75. The predicted octanol–water partition coefficient (Wildman–Crippen LogP) is 11.7. The molecule has 206 valence electrons. The first-order valence-electron chi connectivity index (χ1n) is 15.9. The molecule has 0 radical (unpaired) electrons. The normalized spacial score (nSPS) is 14.0. The summed E-state index contributed by atoms with van der Waals surface area (Å²) < 4.78 is 0. The highest BCUT2D eigenvalue weighted by atomic mass is 14.5. The fourth-order valence-corrected chi connectivity index (χ4v) is 9.15. The van der Waals surface area contributed by atoms with E-state index in [1.54, 1.807) is 0 Å². The molecule has 0 saturated heterocycles. The quantitative estimate of drug-likeness (QED) is 0.185. The molecule has 0 aromatic heterocycles. The highest BCUT2D eigenvalue weighted by Gasteiger charge is 2.53. The zero-order valence-electron chi connectivity index (χ0n) is 24.5. The molecule has 45 heavy (non-hydrogen) atoms. The van der Waals surface area contributed by atoms with Crippen LogP contribution in [0.2, 0.25) is 0 Å². The Kier molecular flexibility index (Phi) is 4.35. The summed E-state index contributed by atoms with van der Waals surface area (Å²) in [5.74, 6) is 0. The molecule has 0 heterocycles. The maximum Gasteiger partial charge on any atom is 0.0725 e. The van der Waals surface area contributed by atoms with Gasteiger partial charge >= 0.3 is 0 Å². The second-order valence-electron chi connectivity index (χ2n) is 12.8. The molecule has 0 nitrogen and oxygen atoms in total. The predicted molar refractivity (Wildman–Crippen MR) is 188 cm³/mol. The fourth-order valence-electron chi connectivity index (χ4n) is 9.15. The minimum Gasteiger partial charge on any atom is -0.0619 e. The number of fused-ring (bicyclic) bond motifs is 14. The van der Waals surface area contributed by atoms with Crippen LogP contribution in [-0.4, -0.2) is 0 Å². The van der Waals surface area contributed by atoms with E-state index >= 15 is 0 Å². The third-order valence-corrected chi connectivity index (χ3v) is 10.8. The van der Waals surface area contributed by atoms with Gasteiger partial charge in [0.15, 0.2) is 0 Å². The van der Waals surface area contributed by atoms with Crippen molar-refractivity contribution in [1.29, 1.82) is 0 Å². The Morgan fingerprint density at radius 2 is 0.844 bits per heavy atom. The maximum absolute atomic E-state index is 2.57. The molecule has 11 rings (SSSR count). The molecule has 0 amide bonds. The molecule has 8 aromatic rings. The smallest absolute Gasteiger partial charge is 0.0619 e. The van der Waals surface area contributed by atoms with E-state index in [0.29, 0.717) is 0 Å². The maximum atomic E-state index is 2.57. The van der Waals surface area contributed by atoms with E-state index in [9.17, 15) is 0 Å². The molecule has 0 fully saturated rings. The van der Waals surface area contributed by atoms with Crippen molar-refractivity contribution in [3.05, 3.63) is 180 Å². The average molecular weight is 567 g/mol. The van der Waals surface area contributed by atoms with Crippen LogP contribution in [0.4, 0.5) is 0 Å². The number of hydrogen-bond donors (Lipinski definition) is 0. The van der Waals surface area contributed by atoms with Gasteiger partial charge in [0.1, 0.15) is 0 Å². The molecule has 3 aliphatic rings. The standard InChI is InChI=1S/C45H26/c1-2-12-29-25-30(24-23-27(29)11-1)42-43-35-19-10-14-28-13-9-18-33(41(28)35)36(43)26-40-44(42)34-17-5-8-22-39(34)45(40)37-20-6-3-15-31(37)32-16-4-7-21-38(32)45/h1-26H. The van der Waals surface area contributed by atoms with Crippen LogP contribution in [0.25, 0.3) is 77.2 Å². The highest BCUT2D eigenvalue weighted by molar-refractivity contribution is 6.21. The molecular weight excluding hydrogens is 540 g/mol. The average Bonchev–Trinajstić information content (AvgIpc) is 3.70. The second kappa shape index (κ2) is 8.25. The minimum atomic E-state index is -0.386. The summed E-state index contributed by atoms with van der Waals surface area (Å²) in [5.41, 5.74) is 18.6. The number of hydrogen-bond acceptors (Lipinski definition) is 0. The van der Waals surface area contributed by atoms with E-state index in [-0.39, 0.29) is 5.41 Å².